The summed E-state index contributed by atoms with van der Waals surface area (Å²) in [5.41, 5.74) is 7.06. The molecule has 0 amide bonds. The average molecular weight is 329 g/mol. The van der Waals surface area contributed by atoms with E-state index >= 15 is 0 Å². The molecule has 0 unspecified atom stereocenters. The Kier molecular flexibility index (Phi) is 4.29. The van der Waals surface area contributed by atoms with Gasteiger partial charge in [0.15, 0.2) is 0 Å². The second-order valence-corrected chi connectivity index (χ2v) is 7.60. The number of piperazine rings is 1. The topological polar surface area (TPSA) is 58.3 Å². The Balaban J connectivity index is 1.35. The van der Waals surface area contributed by atoms with E-state index in [0.717, 1.165) is 57.1 Å². The van der Waals surface area contributed by atoms with Gasteiger partial charge in [-0.15, -0.1) is 11.3 Å². The largest absolute Gasteiger partial charge is 0.354 e. The van der Waals surface area contributed by atoms with Gasteiger partial charge in [-0.2, -0.15) is 0 Å². The maximum absolute atomic E-state index is 5.90. The maximum Gasteiger partial charge on any atom is 0.132 e. The van der Waals surface area contributed by atoms with E-state index in [9.17, 15) is 0 Å². The minimum Gasteiger partial charge on any atom is -0.354 e. The lowest BCUT2D eigenvalue weighted by Crippen LogP contribution is -2.46. The summed E-state index contributed by atoms with van der Waals surface area (Å²) in [6.45, 7) is 5.32. The highest BCUT2D eigenvalue weighted by atomic mass is 32.1. The zero-order valence-electron chi connectivity index (χ0n) is 13.3. The molecule has 23 heavy (non-hydrogen) atoms. The van der Waals surface area contributed by atoms with Crippen LogP contribution < -0.4 is 10.6 Å². The van der Waals surface area contributed by atoms with E-state index in [0.29, 0.717) is 12.0 Å². The molecule has 2 fully saturated rings. The molecule has 0 atom stereocenters. The Hall–Kier alpha value is -1.50. The van der Waals surface area contributed by atoms with Crippen LogP contribution in [0.3, 0.4) is 0 Å². The lowest BCUT2D eigenvalue weighted by molar-refractivity contribution is 0.251. The van der Waals surface area contributed by atoms with Crippen LogP contribution in [0.5, 0.6) is 0 Å². The maximum atomic E-state index is 5.90. The fourth-order valence-corrected chi connectivity index (χ4v) is 4.17. The summed E-state index contributed by atoms with van der Waals surface area (Å²) in [4.78, 5) is 15.3. The summed E-state index contributed by atoms with van der Waals surface area (Å²) in [5.74, 6) is 1.61. The molecule has 0 bridgehead atoms. The summed E-state index contributed by atoms with van der Waals surface area (Å²) in [5, 5.41) is 2.15. The number of nitrogens with zero attached hydrogens (tertiary/aromatic N) is 4. The fourth-order valence-electron chi connectivity index (χ4n) is 3.42. The monoisotopic (exact) mass is 329 g/mol. The van der Waals surface area contributed by atoms with Crippen molar-refractivity contribution in [2.24, 2.45) is 5.73 Å². The van der Waals surface area contributed by atoms with Gasteiger partial charge in [-0.3, -0.25) is 4.90 Å². The highest BCUT2D eigenvalue weighted by molar-refractivity contribution is 7.09. The van der Waals surface area contributed by atoms with Gasteiger partial charge >= 0.3 is 0 Å². The molecule has 2 aromatic heterocycles. The van der Waals surface area contributed by atoms with Crippen LogP contribution in [-0.4, -0.2) is 47.1 Å². The van der Waals surface area contributed by atoms with Crippen molar-refractivity contribution >= 4 is 17.2 Å². The van der Waals surface area contributed by atoms with Gasteiger partial charge in [-0.25, -0.2) is 9.97 Å². The number of thiophene rings is 1. The Bertz CT molecular complexity index is 630. The smallest absolute Gasteiger partial charge is 0.132 e. The van der Waals surface area contributed by atoms with E-state index in [4.69, 9.17) is 5.73 Å². The van der Waals surface area contributed by atoms with Crippen LogP contribution in [0.4, 0.5) is 5.82 Å². The Morgan fingerprint density at radius 2 is 2.00 bits per heavy atom. The van der Waals surface area contributed by atoms with Gasteiger partial charge in [0.25, 0.3) is 0 Å². The predicted octanol–water partition coefficient (Wildman–Crippen LogP) is 2.06. The second-order valence-electron chi connectivity index (χ2n) is 6.57. The van der Waals surface area contributed by atoms with E-state index in [-0.39, 0.29) is 0 Å². The molecule has 4 rings (SSSR count). The van der Waals surface area contributed by atoms with Crippen molar-refractivity contribution in [3.8, 4) is 0 Å². The number of anilines is 1. The molecule has 0 spiro atoms. The average Bonchev–Trinajstić information content (AvgIpc) is 3.06. The molecule has 5 nitrogen and oxygen atoms in total. The van der Waals surface area contributed by atoms with Gasteiger partial charge in [0.2, 0.25) is 0 Å². The van der Waals surface area contributed by atoms with Gasteiger partial charge in [0.05, 0.1) is 0 Å². The highest BCUT2D eigenvalue weighted by Gasteiger charge is 2.29. The molecule has 1 saturated heterocycles. The summed E-state index contributed by atoms with van der Waals surface area (Å²) in [7, 11) is 0. The zero-order valence-corrected chi connectivity index (χ0v) is 14.1. The van der Waals surface area contributed by atoms with Crippen molar-refractivity contribution < 1.29 is 0 Å². The molecular weight excluding hydrogens is 306 g/mol. The van der Waals surface area contributed by atoms with Crippen LogP contribution in [0, 0.1) is 0 Å². The molecule has 122 valence electrons. The van der Waals surface area contributed by atoms with Gasteiger partial charge in [-0.05, 0) is 24.3 Å². The summed E-state index contributed by atoms with van der Waals surface area (Å²) in [6.07, 6.45) is 3.84. The third-order valence-electron chi connectivity index (χ3n) is 4.92. The van der Waals surface area contributed by atoms with Crippen molar-refractivity contribution in [1.82, 2.24) is 14.9 Å². The Morgan fingerprint density at radius 3 is 2.70 bits per heavy atom. The van der Waals surface area contributed by atoms with Gasteiger partial charge in [0.1, 0.15) is 12.1 Å². The van der Waals surface area contributed by atoms with Gasteiger partial charge in [-0.1, -0.05) is 6.07 Å². The first kappa shape index (κ1) is 15.1. The van der Waals surface area contributed by atoms with Crippen molar-refractivity contribution in [3.63, 3.8) is 0 Å². The Morgan fingerprint density at radius 1 is 1.17 bits per heavy atom. The van der Waals surface area contributed by atoms with Crippen molar-refractivity contribution in [1.29, 1.82) is 0 Å². The SMILES string of the molecule is NC1CC(c2cc(N3CCN(Cc4cccs4)CC3)ncn2)C1. The number of hydrogen-bond acceptors (Lipinski definition) is 6. The molecule has 6 heteroatoms. The first-order valence-electron chi connectivity index (χ1n) is 8.35. The Labute approximate surface area is 141 Å². The fraction of sp³-hybridized carbons (Fsp3) is 0.529. The number of aromatic nitrogens is 2. The van der Waals surface area contributed by atoms with E-state index < -0.39 is 0 Å². The van der Waals surface area contributed by atoms with E-state index in [1.165, 1.54) is 4.88 Å². The number of rotatable bonds is 4. The van der Waals surface area contributed by atoms with Crippen molar-refractivity contribution in [2.75, 3.05) is 31.1 Å². The quantitative estimate of drug-likeness (QED) is 0.930. The third kappa shape index (κ3) is 3.39. The van der Waals surface area contributed by atoms with Crippen LogP contribution >= 0.6 is 11.3 Å². The lowest BCUT2D eigenvalue weighted by Gasteiger charge is -2.36. The lowest BCUT2D eigenvalue weighted by atomic mass is 9.78. The van der Waals surface area contributed by atoms with E-state index in [1.807, 2.05) is 11.3 Å². The summed E-state index contributed by atoms with van der Waals surface area (Å²) in [6, 6.07) is 6.88. The van der Waals surface area contributed by atoms with Crippen LogP contribution in [0.2, 0.25) is 0 Å². The molecule has 1 aliphatic heterocycles. The highest BCUT2D eigenvalue weighted by Crippen LogP contribution is 2.35. The van der Waals surface area contributed by atoms with Crippen LogP contribution in [0.15, 0.2) is 29.9 Å². The number of nitrogens with two attached hydrogens (primary N) is 1. The van der Waals surface area contributed by atoms with Gasteiger partial charge in [0, 0.05) is 61.3 Å². The van der Waals surface area contributed by atoms with E-state index in [2.05, 4.69) is 43.3 Å². The normalized spacial score (nSPS) is 25.3. The van der Waals surface area contributed by atoms with Crippen molar-refractivity contribution in [3.05, 3.63) is 40.5 Å². The molecule has 1 aliphatic carbocycles. The van der Waals surface area contributed by atoms with Gasteiger partial charge < -0.3 is 10.6 Å². The van der Waals surface area contributed by atoms with Crippen molar-refractivity contribution in [2.45, 2.75) is 31.3 Å². The molecule has 2 aliphatic rings. The third-order valence-corrected chi connectivity index (χ3v) is 5.78. The summed E-state index contributed by atoms with van der Waals surface area (Å²) >= 11 is 1.84. The molecule has 3 heterocycles. The van der Waals surface area contributed by atoms with Crippen LogP contribution in [0.25, 0.3) is 0 Å². The summed E-state index contributed by atoms with van der Waals surface area (Å²) < 4.78 is 0. The van der Waals surface area contributed by atoms with Crippen LogP contribution in [0.1, 0.15) is 29.3 Å². The molecular formula is C17H23N5S. The molecule has 1 saturated carbocycles. The standard InChI is InChI=1S/C17H23N5S/c18-14-8-13(9-14)16-10-17(20-12-19-16)22-5-3-21(4-6-22)11-15-2-1-7-23-15/h1-2,7,10,12-14H,3-6,8-9,11,18H2. The molecule has 0 radical (unpaired) electrons. The van der Waals surface area contributed by atoms with Crippen LogP contribution in [-0.2, 0) is 6.54 Å². The minimum atomic E-state index is 0.360. The minimum absolute atomic E-state index is 0.360. The zero-order chi connectivity index (χ0) is 15.6. The van der Waals surface area contributed by atoms with E-state index in [1.54, 1.807) is 6.33 Å². The second kappa shape index (κ2) is 6.55. The molecule has 0 aromatic carbocycles. The first-order chi connectivity index (χ1) is 11.3. The number of hydrogen-bond donors (Lipinski definition) is 1. The molecule has 2 aromatic rings. The first-order valence-corrected chi connectivity index (χ1v) is 9.23. The molecule has 2 N–H and O–H groups in total. The predicted molar refractivity (Wildman–Crippen MR) is 93.8 cm³/mol.